The second-order valence-corrected chi connectivity index (χ2v) is 5.59. The number of benzene rings is 1. The lowest BCUT2D eigenvalue weighted by Gasteiger charge is -2.28. The molecule has 1 aliphatic rings. The van der Waals surface area contributed by atoms with E-state index >= 15 is 0 Å². The van der Waals surface area contributed by atoms with E-state index in [1.165, 1.54) is 0 Å². The second-order valence-electron chi connectivity index (χ2n) is 5.59. The third-order valence-electron chi connectivity index (χ3n) is 3.82. The van der Waals surface area contributed by atoms with E-state index in [2.05, 4.69) is 20.6 Å². The van der Waals surface area contributed by atoms with Crippen molar-refractivity contribution in [2.24, 2.45) is 0 Å². The van der Waals surface area contributed by atoms with Gasteiger partial charge < -0.3 is 10.6 Å². The molecule has 1 aromatic carbocycles. The maximum atomic E-state index is 13.1. The zero-order valence-corrected chi connectivity index (χ0v) is 12.6. The Kier molecular flexibility index (Phi) is 4.37. The molecule has 3 rings (SSSR count). The molecule has 0 saturated heterocycles. The van der Waals surface area contributed by atoms with Crippen LogP contribution < -0.4 is 10.6 Å². The molecule has 0 aliphatic heterocycles. The van der Waals surface area contributed by atoms with Gasteiger partial charge in [0.15, 0.2) is 0 Å². The first kappa shape index (κ1) is 16.2. The van der Waals surface area contributed by atoms with Crippen molar-refractivity contribution in [1.82, 2.24) is 9.97 Å². The van der Waals surface area contributed by atoms with Gasteiger partial charge in [-0.15, -0.1) is 0 Å². The predicted octanol–water partition coefficient (Wildman–Crippen LogP) is 4.02. The molecule has 2 N–H and O–H groups in total. The van der Waals surface area contributed by atoms with Crippen LogP contribution in [0.2, 0.25) is 0 Å². The fourth-order valence-electron chi connectivity index (χ4n) is 2.32. The number of hydrogen-bond donors (Lipinski definition) is 2. The Balaban J connectivity index is 1.87. The highest BCUT2D eigenvalue weighted by atomic mass is 19.4. The molecule has 24 heavy (non-hydrogen) atoms. The number of nitrogens with one attached hydrogen (secondary N) is 2. The number of rotatable bonds is 5. The molecule has 2 aromatic rings. The van der Waals surface area contributed by atoms with Gasteiger partial charge in [0.1, 0.15) is 17.7 Å². The van der Waals surface area contributed by atoms with Crippen LogP contribution in [-0.2, 0) is 6.18 Å². The molecule has 1 fully saturated rings. The Morgan fingerprint density at radius 2 is 2.04 bits per heavy atom. The quantitative estimate of drug-likeness (QED) is 0.808. The van der Waals surface area contributed by atoms with Crippen molar-refractivity contribution in [2.45, 2.75) is 31.5 Å². The lowest BCUT2D eigenvalue weighted by Crippen LogP contribution is -2.29. The van der Waals surface area contributed by atoms with Gasteiger partial charge in [0, 0.05) is 23.5 Å². The zero-order valence-electron chi connectivity index (χ0n) is 12.6. The summed E-state index contributed by atoms with van der Waals surface area (Å²) in [6, 6.07) is 6.52. The smallest absolute Gasteiger partial charge is 0.367 e. The molecule has 1 aliphatic carbocycles. The maximum absolute atomic E-state index is 13.1. The maximum Gasteiger partial charge on any atom is 0.421 e. The van der Waals surface area contributed by atoms with Gasteiger partial charge in [-0.2, -0.15) is 18.2 Å². The summed E-state index contributed by atoms with van der Waals surface area (Å²) in [5, 5.41) is 5.65. The molecule has 0 amide bonds. The first-order chi connectivity index (χ1) is 11.5. The number of carbonyl (C=O) groups excluding carboxylic acids is 1. The Hall–Kier alpha value is -2.64. The number of anilines is 3. The Morgan fingerprint density at radius 3 is 2.67 bits per heavy atom. The predicted molar refractivity (Wildman–Crippen MR) is 83.4 cm³/mol. The highest BCUT2D eigenvalue weighted by Crippen LogP contribution is 2.35. The third-order valence-corrected chi connectivity index (χ3v) is 3.82. The number of aldehydes is 1. The number of aromatic nitrogens is 2. The summed E-state index contributed by atoms with van der Waals surface area (Å²) in [5.74, 6) is -0.191. The highest BCUT2D eigenvalue weighted by Gasteiger charge is 2.36. The van der Waals surface area contributed by atoms with E-state index in [4.69, 9.17) is 0 Å². The minimum atomic E-state index is -4.53. The number of alkyl halides is 3. The van der Waals surface area contributed by atoms with E-state index in [1.807, 2.05) is 0 Å². The van der Waals surface area contributed by atoms with Gasteiger partial charge in [0.05, 0.1) is 0 Å². The van der Waals surface area contributed by atoms with E-state index < -0.39 is 11.7 Å². The average molecular weight is 336 g/mol. The number of nitrogens with zero attached hydrogens (tertiary/aromatic N) is 2. The van der Waals surface area contributed by atoms with E-state index in [9.17, 15) is 18.0 Å². The average Bonchev–Trinajstić information content (AvgIpc) is 2.50. The van der Waals surface area contributed by atoms with Gasteiger partial charge in [-0.3, -0.25) is 4.79 Å². The minimum Gasteiger partial charge on any atom is -0.367 e. The van der Waals surface area contributed by atoms with Crippen molar-refractivity contribution >= 4 is 23.7 Å². The summed E-state index contributed by atoms with van der Waals surface area (Å²) in [5.41, 5.74) is 0.0790. The van der Waals surface area contributed by atoms with Crippen molar-refractivity contribution in [3.8, 4) is 0 Å². The molecule has 1 heterocycles. The van der Waals surface area contributed by atoms with Crippen LogP contribution in [0.3, 0.4) is 0 Å². The monoisotopic (exact) mass is 336 g/mol. The zero-order chi connectivity index (χ0) is 17.2. The standard InChI is InChI=1S/C16H15F3N4O/c17-16(18,19)13-8-20-15(23-14(13)21-11-4-2-5-11)22-12-6-1-3-10(7-12)9-24/h1,3,6-9,11H,2,4-5H2,(H2,20,21,22,23). The van der Waals surface area contributed by atoms with Crippen molar-refractivity contribution < 1.29 is 18.0 Å². The van der Waals surface area contributed by atoms with Crippen LogP contribution in [0.4, 0.5) is 30.6 Å². The summed E-state index contributed by atoms with van der Waals surface area (Å²) in [6.45, 7) is 0. The molecular weight excluding hydrogens is 321 g/mol. The van der Waals surface area contributed by atoms with Crippen molar-refractivity contribution in [3.05, 3.63) is 41.6 Å². The van der Waals surface area contributed by atoms with Gasteiger partial charge in [-0.1, -0.05) is 12.1 Å². The van der Waals surface area contributed by atoms with E-state index in [0.717, 1.165) is 25.5 Å². The molecule has 5 nitrogen and oxygen atoms in total. The van der Waals surface area contributed by atoms with E-state index in [-0.39, 0.29) is 17.8 Å². The summed E-state index contributed by atoms with van der Waals surface area (Å²) in [4.78, 5) is 18.5. The van der Waals surface area contributed by atoms with Crippen LogP contribution >= 0.6 is 0 Å². The van der Waals surface area contributed by atoms with Gasteiger partial charge in [0.25, 0.3) is 0 Å². The Morgan fingerprint density at radius 1 is 1.25 bits per heavy atom. The summed E-state index contributed by atoms with van der Waals surface area (Å²) < 4.78 is 39.3. The SMILES string of the molecule is O=Cc1cccc(Nc2ncc(C(F)(F)F)c(NC3CCC3)n2)c1. The van der Waals surface area contributed by atoms with Crippen LogP contribution in [0.5, 0.6) is 0 Å². The topological polar surface area (TPSA) is 66.9 Å². The summed E-state index contributed by atoms with van der Waals surface area (Å²) >= 11 is 0. The van der Waals surface area contributed by atoms with Crippen molar-refractivity contribution in [2.75, 3.05) is 10.6 Å². The first-order valence-corrected chi connectivity index (χ1v) is 7.49. The molecule has 1 aromatic heterocycles. The molecular formula is C16H15F3N4O. The normalized spacial score (nSPS) is 14.8. The lowest BCUT2D eigenvalue weighted by atomic mass is 9.93. The fraction of sp³-hybridized carbons (Fsp3) is 0.312. The molecule has 8 heteroatoms. The fourth-order valence-corrected chi connectivity index (χ4v) is 2.32. The van der Waals surface area contributed by atoms with Gasteiger partial charge >= 0.3 is 6.18 Å². The Labute approximate surface area is 136 Å². The largest absolute Gasteiger partial charge is 0.421 e. The van der Waals surface area contributed by atoms with E-state index in [1.54, 1.807) is 24.3 Å². The van der Waals surface area contributed by atoms with Gasteiger partial charge in [-0.25, -0.2) is 4.98 Å². The first-order valence-electron chi connectivity index (χ1n) is 7.49. The molecule has 1 saturated carbocycles. The molecule has 0 unspecified atom stereocenters. The molecule has 0 bridgehead atoms. The minimum absolute atomic E-state index is 0.00670. The van der Waals surface area contributed by atoms with Crippen LogP contribution in [0.1, 0.15) is 35.2 Å². The second kappa shape index (κ2) is 6.46. The van der Waals surface area contributed by atoms with Crippen LogP contribution in [0.15, 0.2) is 30.5 Å². The van der Waals surface area contributed by atoms with E-state index in [0.29, 0.717) is 17.5 Å². The van der Waals surface area contributed by atoms with Crippen molar-refractivity contribution in [1.29, 1.82) is 0 Å². The third kappa shape index (κ3) is 3.64. The van der Waals surface area contributed by atoms with Crippen LogP contribution in [-0.4, -0.2) is 22.3 Å². The number of hydrogen-bond acceptors (Lipinski definition) is 5. The van der Waals surface area contributed by atoms with Crippen molar-refractivity contribution in [3.63, 3.8) is 0 Å². The Bertz CT molecular complexity index is 744. The number of carbonyl (C=O) groups is 1. The van der Waals surface area contributed by atoms with Gasteiger partial charge in [0.2, 0.25) is 5.95 Å². The molecule has 0 radical (unpaired) electrons. The lowest BCUT2D eigenvalue weighted by molar-refractivity contribution is -0.137. The molecule has 126 valence electrons. The summed E-state index contributed by atoms with van der Waals surface area (Å²) in [6.07, 6.45) is -0.436. The molecule has 0 atom stereocenters. The van der Waals surface area contributed by atoms with Gasteiger partial charge in [-0.05, 0) is 31.4 Å². The highest BCUT2D eigenvalue weighted by molar-refractivity contribution is 5.77. The molecule has 0 spiro atoms. The van der Waals surface area contributed by atoms with Crippen LogP contribution in [0, 0.1) is 0 Å². The number of halogens is 3. The van der Waals surface area contributed by atoms with Crippen LogP contribution in [0.25, 0.3) is 0 Å². The summed E-state index contributed by atoms with van der Waals surface area (Å²) in [7, 11) is 0.